The van der Waals surface area contributed by atoms with Gasteiger partial charge in [-0.3, -0.25) is 9.69 Å². The van der Waals surface area contributed by atoms with Gasteiger partial charge in [-0.05, 0) is 55.0 Å². The van der Waals surface area contributed by atoms with Crippen LogP contribution < -0.4 is 10.2 Å². The third kappa shape index (κ3) is 3.15. The van der Waals surface area contributed by atoms with E-state index in [4.69, 9.17) is 0 Å². The van der Waals surface area contributed by atoms with Gasteiger partial charge in [-0.2, -0.15) is 0 Å². The quantitative estimate of drug-likeness (QED) is 0.858. The smallest absolute Gasteiger partial charge is 0.336 e. The van der Waals surface area contributed by atoms with Crippen molar-refractivity contribution in [2.75, 3.05) is 10.2 Å². The van der Waals surface area contributed by atoms with E-state index in [1.54, 1.807) is 6.92 Å². The van der Waals surface area contributed by atoms with E-state index in [1.807, 2.05) is 0 Å². The molecule has 0 fully saturated rings. The van der Waals surface area contributed by atoms with Crippen molar-refractivity contribution in [1.82, 2.24) is 0 Å². The first kappa shape index (κ1) is 17.6. The SMILES string of the molecule is CCC1C(C(=O)O)=C(Nc2ccc(F)cc2)C(=O)N1c1ccc(F)cc1. The highest BCUT2D eigenvalue weighted by Gasteiger charge is 2.42. The average molecular weight is 358 g/mol. The number of hydrogen-bond donors (Lipinski definition) is 2. The molecule has 7 heteroatoms. The van der Waals surface area contributed by atoms with Crippen LogP contribution >= 0.6 is 0 Å². The van der Waals surface area contributed by atoms with Gasteiger partial charge in [0, 0.05) is 11.4 Å². The molecule has 26 heavy (non-hydrogen) atoms. The first-order chi connectivity index (χ1) is 12.4. The number of amides is 1. The summed E-state index contributed by atoms with van der Waals surface area (Å²) in [4.78, 5) is 26.1. The largest absolute Gasteiger partial charge is 0.478 e. The summed E-state index contributed by atoms with van der Waals surface area (Å²) < 4.78 is 26.3. The number of nitrogens with one attached hydrogen (secondary N) is 1. The van der Waals surface area contributed by atoms with Crippen LogP contribution in [0.5, 0.6) is 0 Å². The number of anilines is 2. The van der Waals surface area contributed by atoms with Crippen LogP contribution in [-0.2, 0) is 9.59 Å². The summed E-state index contributed by atoms with van der Waals surface area (Å²) in [6.45, 7) is 1.76. The predicted molar refractivity (Wildman–Crippen MR) is 92.6 cm³/mol. The van der Waals surface area contributed by atoms with E-state index in [-0.39, 0.29) is 11.3 Å². The molecule has 5 nitrogen and oxygen atoms in total. The van der Waals surface area contributed by atoms with E-state index in [0.29, 0.717) is 17.8 Å². The van der Waals surface area contributed by atoms with Crippen LogP contribution in [0, 0.1) is 11.6 Å². The Labute approximate surface area is 148 Å². The molecule has 134 valence electrons. The maximum Gasteiger partial charge on any atom is 0.336 e. The van der Waals surface area contributed by atoms with Gasteiger partial charge in [-0.15, -0.1) is 0 Å². The molecule has 2 N–H and O–H groups in total. The van der Waals surface area contributed by atoms with Crippen molar-refractivity contribution in [3.8, 4) is 0 Å². The van der Waals surface area contributed by atoms with E-state index >= 15 is 0 Å². The highest BCUT2D eigenvalue weighted by atomic mass is 19.1. The minimum atomic E-state index is -1.22. The lowest BCUT2D eigenvalue weighted by molar-refractivity contribution is -0.133. The fraction of sp³-hybridized carbons (Fsp3) is 0.158. The number of carbonyl (C=O) groups is 2. The van der Waals surface area contributed by atoms with Crippen molar-refractivity contribution < 1.29 is 23.5 Å². The maximum atomic E-state index is 13.2. The van der Waals surface area contributed by atoms with Crippen LogP contribution in [0.15, 0.2) is 59.8 Å². The number of carboxylic acid groups (broad SMARTS) is 1. The molecule has 0 saturated carbocycles. The molecule has 1 atom stereocenters. The summed E-state index contributed by atoms with van der Waals surface area (Å²) in [5.74, 6) is -2.66. The molecule has 0 spiro atoms. The highest BCUT2D eigenvalue weighted by Crippen LogP contribution is 2.34. The van der Waals surface area contributed by atoms with Gasteiger partial charge in [0.2, 0.25) is 0 Å². The zero-order chi connectivity index (χ0) is 18.8. The second-order valence-corrected chi connectivity index (χ2v) is 5.80. The molecular weight excluding hydrogens is 342 g/mol. The minimum Gasteiger partial charge on any atom is -0.478 e. The third-order valence-corrected chi connectivity index (χ3v) is 4.18. The van der Waals surface area contributed by atoms with E-state index in [2.05, 4.69) is 5.32 Å². The van der Waals surface area contributed by atoms with E-state index < -0.39 is 29.6 Å². The van der Waals surface area contributed by atoms with Gasteiger partial charge in [-0.25, -0.2) is 13.6 Å². The molecule has 0 bridgehead atoms. The molecule has 1 aliphatic rings. The first-order valence-corrected chi connectivity index (χ1v) is 8.01. The Morgan fingerprint density at radius 2 is 1.62 bits per heavy atom. The Hall–Kier alpha value is -3.22. The lowest BCUT2D eigenvalue weighted by Crippen LogP contribution is -2.36. The van der Waals surface area contributed by atoms with Crippen LogP contribution in [-0.4, -0.2) is 23.0 Å². The Balaban J connectivity index is 2.03. The van der Waals surface area contributed by atoms with Crippen LogP contribution in [0.2, 0.25) is 0 Å². The van der Waals surface area contributed by atoms with Gasteiger partial charge in [0.1, 0.15) is 17.3 Å². The molecule has 3 rings (SSSR count). The first-order valence-electron chi connectivity index (χ1n) is 8.01. The molecular formula is C19H16F2N2O3. The molecule has 0 aromatic heterocycles. The van der Waals surface area contributed by atoms with Gasteiger partial charge < -0.3 is 10.4 Å². The summed E-state index contributed by atoms with van der Waals surface area (Å²) in [5, 5.41) is 12.4. The predicted octanol–water partition coefficient (Wildman–Crippen LogP) is 3.54. The number of aliphatic carboxylic acids is 1. The van der Waals surface area contributed by atoms with Crippen molar-refractivity contribution >= 4 is 23.3 Å². The molecule has 2 aromatic rings. The number of halogens is 2. The lowest BCUT2D eigenvalue weighted by atomic mass is 10.0. The molecule has 1 heterocycles. The van der Waals surface area contributed by atoms with Gasteiger partial charge in [-0.1, -0.05) is 6.92 Å². The standard InChI is InChI=1S/C19H16F2N2O3/c1-2-15-16(19(25)26)17(22-13-7-3-11(20)4-8-13)18(24)23(15)14-9-5-12(21)6-10-14/h3-10,15,22H,2H2,1H3,(H,25,26). The lowest BCUT2D eigenvalue weighted by Gasteiger charge is -2.25. The highest BCUT2D eigenvalue weighted by molar-refractivity contribution is 6.17. The minimum absolute atomic E-state index is 0.0776. The number of nitrogens with zero attached hydrogens (tertiary/aromatic N) is 1. The van der Waals surface area contributed by atoms with Crippen LogP contribution in [0.4, 0.5) is 20.2 Å². The second kappa shape index (κ2) is 6.95. The van der Waals surface area contributed by atoms with Crippen LogP contribution in [0.3, 0.4) is 0 Å². The van der Waals surface area contributed by atoms with Crippen molar-refractivity contribution in [2.45, 2.75) is 19.4 Å². The topological polar surface area (TPSA) is 69.6 Å². The van der Waals surface area contributed by atoms with Crippen LogP contribution in [0.25, 0.3) is 0 Å². The Kier molecular flexibility index (Phi) is 4.71. The van der Waals surface area contributed by atoms with Gasteiger partial charge >= 0.3 is 5.97 Å². The summed E-state index contributed by atoms with van der Waals surface area (Å²) >= 11 is 0. The van der Waals surface area contributed by atoms with E-state index in [1.165, 1.54) is 53.4 Å². The summed E-state index contributed by atoms with van der Waals surface area (Å²) in [7, 11) is 0. The van der Waals surface area contributed by atoms with Crippen molar-refractivity contribution in [3.05, 3.63) is 71.4 Å². The molecule has 1 unspecified atom stereocenters. The number of carboxylic acids is 1. The van der Waals surface area contributed by atoms with E-state index in [9.17, 15) is 23.5 Å². The molecule has 1 aliphatic heterocycles. The summed E-state index contributed by atoms with van der Waals surface area (Å²) in [6.07, 6.45) is 0.360. The van der Waals surface area contributed by atoms with Crippen molar-refractivity contribution in [1.29, 1.82) is 0 Å². The van der Waals surface area contributed by atoms with Crippen molar-refractivity contribution in [3.63, 3.8) is 0 Å². The van der Waals surface area contributed by atoms with Gasteiger partial charge in [0.05, 0.1) is 11.6 Å². The molecule has 0 saturated heterocycles. The average Bonchev–Trinajstić information content (AvgIpc) is 2.90. The zero-order valence-corrected chi connectivity index (χ0v) is 13.9. The maximum absolute atomic E-state index is 13.2. The van der Waals surface area contributed by atoms with Gasteiger partial charge in [0.25, 0.3) is 5.91 Å². The second-order valence-electron chi connectivity index (χ2n) is 5.80. The Morgan fingerprint density at radius 3 is 2.12 bits per heavy atom. The molecule has 0 aliphatic carbocycles. The third-order valence-electron chi connectivity index (χ3n) is 4.18. The number of benzene rings is 2. The van der Waals surface area contributed by atoms with Crippen LogP contribution in [0.1, 0.15) is 13.3 Å². The van der Waals surface area contributed by atoms with E-state index in [0.717, 1.165) is 0 Å². The fourth-order valence-electron chi connectivity index (χ4n) is 3.01. The zero-order valence-electron chi connectivity index (χ0n) is 13.9. The summed E-state index contributed by atoms with van der Waals surface area (Å²) in [5.41, 5.74) is 0.633. The van der Waals surface area contributed by atoms with Gasteiger partial charge in [0.15, 0.2) is 0 Å². The normalized spacial score (nSPS) is 17.0. The Bertz CT molecular complexity index is 877. The number of rotatable bonds is 5. The molecule has 2 aromatic carbocycles. The fourth-order valence-corrected chi connectivity index (χ4v) is 3.01. The van der Waals surface area contributed by atoms with Crippen molar-refractivity contribution in [2.24, 2.45) is 0 Å². The number of hydrogen-bond acceptors (Lipinski definition) is 3. The monoisotopic (exact) mass is 358 g/mol. The number of carbonyl (C=O) groups excluding carboxylic acids is 1. The Morgan fingerprint density at radius 1 is 1.08 bits per heavy atom. The summed E-state index contributed by atoms with van der Waals surface area (Å²) in [6, 6.07) is 9.81. The molecule has 1 amide bonds. The molecule has 0 radical (unpaired) electrons.